The molecule has 0 fully saturated rings. The molecule has 0 aliphatic carbocycles. The topological polar surface area (TPSA) is 41.0 Å². The molecular weight excluding hydrogens is 288 g/mol. The third kappa shape index (κ3) is 3.42. The predicted octanol–water partition coefficient (Wildman–Crippen LogP) is 3.48. The highest BCUT2D eigenvalue weighted by molar-refractivity contribution is 8.00. The minimum absolute atomic E-state index is 0.827. The van der Waals surface area contributed by atoms with Crippen LogP contribution in [0.3, 0.4) is 0 Å². The minimum atomic E-state index is 0.827. The summed E-state index contributed by atoms with van der Waals surface area (Å²) in [5, 5.41) is 6.78. The molecule has 1 N–H and O–H groups in total. The largest absolute Gasteiger partial charge is 0.368 e. The molecule has 0 atom stereocenters. The molecule has 2 aromatic heterocycles. The lowest BCUT2D eigenvalue weighted by atomic mass is 10.3. The van der Waals surface area contributed by atoms with E-state index in [2.05, 4.69) is 45.7 Å². The Balaban J connectivity index is 2.18. The van der Waals surface area contributed by atoms with Gasteiger partial charge in [-0.3, -0.25) is 0 Å². The zero-order chi connectivity index (χ0) is 14.5. The lowest BCUT2D eigenvalue weighted by Crippen LogP contribution is -2.28. The number of thiophene rings is 1. The third-order valence-corrected chi connectivity index (χ3v) is 5.45. The molecule has 0 aliphatic rings. The van der Waals surface area contributed by atoms with Crippen LogP contribution in [-0.2, 0) is 0 Å². The molecule has 0 aliphatic heterocycles. The number of nitrogens with one attached hydrogen (secondary N) is 1. The van der Waals surface area contributed by atoms with Crippen molar-refractivity contribution in [1.82, 2.24) is 14.9 Å². The molecule has 110 valence electrons. The van der Waals surface area contributed by atoms with Gasteiger partial charge in [0.1, 0.15) is 11.6 Å². The summed E-state index contributed by atoms with van der Waals surface area (Å²) in [6, 6.07) is 0. The number of likely N-dealkylation sites (N-methyl/N-ethyl adjacent to an activating group) is 1. The van der Waals surface area contributed by atoms with Crippen molar-refractivity contribution >= 4 is 39.8 Å². The van der Waals surface area contributed by atoms with Gasteiger partial charge in [-0.05, 0) is 26.3 Å². The van der Waals surface area contributed by atoms with Crippen LogP contribution in [0.25, 0.3) is 10.9 Å². The molecule has 2 heterocycles. The van der Waals surface area contributed by atoms with E-state index in [0.29, 0.717) is 0 Å². The Morgan fingerprint density at radius 2 is 2.05 bits per heavy atom. The summed E-state index contributed by atoms with van der Waals surface area (Å²) in [6.07, 6.45) is 2.10. The first kappa shape index (κ1) is 15.5. The predicted molar refractivity (Wildman–Crippen MR) is 90.2 cm³/mol. The Hall–Kier alpha value is -0.850. The van der Waals surface area contributed by atoms with Crippen molar-refractivity contribution in [1.29, 1.82) is 0 Å². The van der Waals surface area contributed by atoms with Crippen LogP contribution in [0.2, 0.25) is 0 Å². The van der Waals surface area contributed by atoms with Crippen LogP contribution in [-0.4, -0.2) is 47.3 Å². The number of aryl methyl sites for hydroxylation is 1. The summed E-state index contributed by atoms with van der Waals surface area (Å²) in [5.41, 5.74) is 1.05. The number of hydrogen-bond acceptors (Lipinski definition) is 6. The molecule has 0 saturated heterocycles. The summed E-state index contributed by atoms with van der Waals surface area (Å²) < 4.78 is 1.28. The standard InChI is InChI=1S/C14H22N4S2/c1-5-18(6-2)8-7-15-13-12-11(16-10(3)17-13)9-20-14(12)19-4/h9H,5-8H2,1-4H3,(H,15,16,17). The van der Waals surface area contributed by atoms with Crippen molar-refractivity contribution in [3.63, 3.8) is 0 Å². The summed E-state index contributed by atoms with van der Waals surface area (Å²) in [4.78, 5) is 11.5. The maximum atomic E-state index is 4.58. The van der Waals surface area contributed by atoms with E-state index in [1.54, 1.807) is 23.1 Å². The van der Waals surface area contributed by atoms with Crippen LogP contribution in [0.5, 0.6) is 0 Å². The molecule has 0 unspecified atom stereocenters. The SMILES string of the molecule is CCN(CC)CCNc1nc(C)nc2csc(SC)c12. The summed E-state index contributed by atoms with van der Waals surface area (Å²) in [6.45, 7) is 10.5. The van der Waals surface area contributed by atoms with Crippen molar-refractivity contribution in [2.75, 3.05) is 37.8 Å². The van der Waals surface area contributed by atoms with Crippen molar-refractivity contribution in [3.8, 4) is 0 Å². The zero-order valence-electron chi connectivity index (χ0n) is 12.6. The van der Waals surface area contributed by atoms with Gasteiger partial charge in [0.05, 0.1) is 15.1 Å². The van der Waals surface area contributed by atoms with Crippen LogP contribution in [0, 0.1) is 6.92 Å². The fourth-order valence-corrected chi connectivity index (χ4v) is 3.84. The molecule has 2 rings (SSSR count). The number of thioether (sulfide) groups is 1. The molecule has 0 aromatic carbocycles. The van der Waals surface area contributed by atoms with Gasteiger partial charge in [0, 0.05) is 18.5 Å². The van der Waals surface area contributed by atoms with Gasteiger partial charge in [-0.1, -0.05) is 13.8 Å². The number of rotatable bonds is 7. The van der Waals surface area contributed by atoms with Gasteiger partial charge in [0.2, 0.25) is 0 Å². The van der Waals surface area contributed by atoms with Crippen molar-refractivity contribution in [2.24, 2.45) is 0 Å². The van der Waals surface area contributed by atoms with Gasteiger partial charge < -0.3 is 10.2 Å². The third-order valence-electron chi connectivity index (χ3n) is 3.33. The minimum Gasteiger partial charge on any atom is -0.368 e. The first-order chi connectivity index (χ1) is 9.69. The average molecular weight is 310 g/mol. The lowest BCUT2D eigenvalue weighted by Gasteiger charge is -2.18. The van der Waals surface area contributed by atoms with Gasteiger partial charge in [0.25, 0.3) is 0 Å². The summed E-state index contributed by atoms with van der Waals surface area (Å²) >= 11 is 3.51. The highest BCUT2D eigenvalue weighted by atomic mass is 32.2. The van der Waals surface area contributed by atoms with Gasteiger partial charge in [-0.2, -0.15) is 0 Å². The number of anilines is 1. The summed E-state index contributed by atoms with van der Waals surface area (Å²) in [5.74, 6) is 1.80. The van der Waals surface area contributed by atoms with E-state index >= 15 is 0 Å². The number of fused-ring (bicyclic) bond motifs is 1. The fraction of sp³-hybridized carbons (Fsp3) is 0.571. The Kier molecular flexibility index (Phi) is 5.63. The smallest absolute Gasteiger partial charge is 0.139 e. The van der Waals surface area contributed by atoms with E-state index in [-0.39, 0.29) is 0 Å². The molecule has 0 saturated carbocycles. The van der Waals surface area contributed by atoms with Crippen molar-refractivity contribution < 1.29 is 0 Å². The first-order valence-electron chi connectivity index (χ1n) is 6.95. The van der Waals surface area contributed by atoms with Crippen LogP contribution in [0.4, 0.5) is 5.82 Å². The van der Waals surface area contributed by atoms with Gasteiger partial charge >= 0.3 is 0 Å². The monoisotopic (exact) mass is 310 g/mol. The molecule has 6 heteroatoms. The highest BCUT2D eigenvalue weighted by Gasteiger charge is 2.12. The van der Waals surface area contributed by atoms with Crippen LogP contribution < -0.4 is 5.32 Å². The number of nitrogens with zero attached hydrogens (tertiary/aromatic N) is 3. The van der Waals surface area contributed by atoms with Gasteiger partial charge in [-0.25, -0.2) is 9.97 Å². The Morgan fingerprint density at radius 1 is 1.30 bits per heavy atom. The molecule has 0 bridgehead atoms. The normalized spacial score (nSPS) is 11.4. The van der Waals surface area contributed by atoms with E-state index in [1.807, 2.05) is 6.92 Å². The lowest BCUT2D eigenvalue weighted by molar-refractivity contribution is 0.316. The number of aromatic nitrogens is 2. The first-order valence-corrected chi connectivity index (χ1v) is 9.06. The van der Waals surface area contributed by atoms with E-state index in [4.69, 9.17) is 0 Å². The fourth-order valence-electron chi connectivity index (χ4n) is 2.20. The molecule has 0 amide bonds. The molecule has 20 heavy (non-hydrogen) atoms. The van der Waals surface area contributed by atoms with Crippen LogP contribution >= 0.6 is 23.1 Å². The van der Waals surface area contributed by atoms with Crippen molar-refractivity contribution in [3.05, 3.63) is 11.2 Å². The molecule has 4 nitrogen and oxygen atoms in total. The maximum absolute atomic E-state index is 4.58. The van der Waals surface area contributed by atoms with Crippen LogP contribution in [0.15, 0.2) is 9.59 Å². The van der Waals surface area contributed by atoms with Gasteiger partial charge in [0.15, 0.2) is 0 Å². The molecular formula is C14H22N4S2. The molecule has 2 aromatic rings. The Bertz CT molecular complexity index is 564. The Labute approximate surface area is 129 Å². The average Bonchev–Trinajstić information content (AvgIpc) is 2.86. The van der Waals surface area contributed by atoms with E-state index in [9.17, 15) is 0 Å². The van der Waals surface area contributed by atoms with E-state index in [1.165, 1.54) is 9.60 Å². The summed E-state index contributed by atoms with van der Waals surface area (Å²) in [7, 11) is 0. The van der Waals surface area contributed by atoms with E-state index < -0.39 is 0 Å². The Morgan fingerprint density at radius 3 is 2.70 bits per heavy atom. The van der Waals surface area contributed by atoms with Crippen molar-refractivity contribution in [2.45, 2.75) is 25.0 Å². The van der Waals surface area contributed by atoms with E-state index in [0.717, 1.165) is 43.3 Å². The van der Waals surface area contributed by atoms with Gasteiger partial charge in [-0.15, -0.1) is 23.1 Å². The second-order valence-electron chi connectivity index (χ2n) is 4.56. The quantitative estimate of drug-likeness (QED) is 0.793. The zero-order valence-corrected chi connectivity index (χ0v) is 14.2. The number of hydrogen-bond donors (Lipinski definition) is 1. The second kappa shape index (κ2) is 7.24. The van der Waals surface area contributed by atoms with Crippen LogP contribution in [0.1, 0.15) is 19.7 Å². The highest BCUT2D eigenvalue weighted by Crippen LogP contribution is 2.35. The second-order valence-corrected chi connectivity index (χ2v) is 6.52. The molecule has 0 radical (unpaired) electrons. The maximum Gasteiger partial charge on any atom is 0.139 e. The molecule has 0 spiro atoms.